The van der Waals surface area contributed by atoms with Crippen LogP contribution in [0.25, 0.3) is 0 Å². The van der Waals surface area contributed by atoms with Gasteiger partial charge in [0.1, 0.15) is 10.7 Å². The smallest absolute Gasteiger partial charge is 0.368 e. The van der Waals surface area contributed by atoms with Crippen LogP contribution in [0.3, 0.4) is 0 Å². The Morgan fingerprint density at radius 2 is 2.08 bits per heavy atom. The number of aromatic nitrogens is 2. The summed E-state index contributed by atoms with van der Waals surface area (Å²) in [5.74, 6) is -0.514. The monoisotopic (exact) mass is 372 g/mol. The zero-order chi connectivity index (χ0) is 18.4. The average Bonchev–Trinajstić information content (AvgIpc) is 2.92. The number of hydrogen-bond donors (Lipinski definition) is 2. The Labute approximate surface area is 147 Å². The van der Waals surface area contributed by atoms with Gasteiger partial charge in [-0.25, -0.2) is 9.97 Å². The van der Waals surface area contributed by atoms with Crippen LogP contribution in [0.2, 0.25) is 0 Å². The molecule has 0 aromatic carbocycles. The maximum Gasteiger partial charge on any atom is 0.419 e. The number of nitrogens with zero attached hydrogens (tertiary/aromatic N) is 2. The van der Waals surface area contributed by atoms with E-state index in [2.05, 4.69) is 20.6 Å². The van der Waals surface area contributed by atoms with Crippen LogP contribution in [-0.4, -0.2) is 29.0 Å². The molecule has 5 nitrogen and oxygen atoms in total. The molecule has 0 aliphatic rings. The highest BCUT2D eigenvalue weighted by atomic mass is 32.1. The van der Waals surface area contributed by atoms with Gasteiger partial charge in [-0.3, -0.25) is 4.79 Å². The summed E-state index contributed by atoms with van der Waals surface area (Å²) >= 11 is 1.35. The Hall–Kier alpha value is -2.16. The second kappa shape index (κ2) is 8.28. The number of amides is 1. The number of anilines is 1. The number of carbonyl (C=O) groups excluding carboxylic acids is 1. The Kier molecular flexibility index (Phi) is 6.35. The third-order valence-corrected chi connectivity index (χ3v) is 4.54. The molecule has 2 rings (SSSR count). The minimum atomic E-state index is -4.48. The van der Waals surface area contributed by atoms with Gasteiger partial charge in [-0.2, -0.15) is 13.2 Å². The van der Waals surface area contributed by atoms with E-state index in [4.69, 9.17) is 0 Å². The number of carbonyl (C=O) groups is 1. The molecule has 25 heavy (non-hydrogen) atoms. The molecule has 0 saturated carbocycles. The third-order valence-electron chi connectivity index (χ3n) is 3.33. The maximum absolute atomic E-state index is 12.9. The topological polar surface area (TPSA) is 66.9 Å². The fourth-order valence-corrected chi connectivity index (χ4v) is 3.28. The minimum Gasteiger partial charge on any atom is -0.368 e. The summed E-state index contributed by atoms with van der Waals surface area (Å²) in [6.07, 6.45) is -1.43. The van der Waals surface area contributed by atoms with Gasteiger partial charge < -0.3 is 10.6 Å². The lowest BCUT2D eigenvalue weighted by molar-refractivity contribution is -0.137. The molecule has 0 spiro atoms. The summed E-state index contributed by atoms with van der Waals surface area (Å²) in [4.78, 5) is 20.7. The highest BCUT2D eigenvalue weighted by Crippen LogP contribution is 2.33. The van der Waals surface area contributed by atoms with E-state index >= 15 is 0 Å². The molecule has 0 saturated heterocycles. The molecule has 2 heterocycles. The lowest BCUT2D eigenvalue weighted by atomic mass is 10.2. The molecule has 2 aromatic heterocycles. The summed E-state index contributed by atoms with van der Waals surface area (Å²) in [6.45, 7) is 4.11. The van der Waals surface area contributed by atoms with Crippen molar-refractivity contribution in [1.82, 2.24) is 15.3 Å². The molecule has 1 amide bonds. The predicted octanol–water partition coefficient (Wildman–Crippen LogP) is 3.66. The summed E-state index contributed by atoms with van der Waals surface area (Å²) in [5.41, 5.74) is -0.160. The van der Waals surface area contributed by atoms with Crippen molar-refractivity contribution in [3.63, 3.8) is 0 Å². The molecule has 0 radical (unpaired) electrons. The molecule has 0 unspecified atom stereocenters. The van der Waals surface area contributed by atoms with Crippen molar-refractivity contribution in [1.29, 1.82) is 0 Å². The minimum absolute atomic E-state index is 0.130. The van der Waals surface area contributed by atoms with Gasteiger partial charge >= 0.3 is 6.18 Å². The van der Waals surface area contributed by atoms with Crippen molar-refractivity contribution < 1.29 is 18.0 Å². The lowest BCUT2D eigenvalue weighted by Crippen LogP contribution is -2.29. The molecule has 136 valence electrons. The number of pyridine rings is 1. The van der Waals surface area contributed by atoms with E-state index < -0.39 is 11.7 Å². The van der Waals surface area contributed by atoms with Gasteiger partial charge in [0.25, 0.3) is 5.91 Å². The van der Waals surface area contributed by atoms with Crippen LogP contribution in [0.4, 0.5) is 19.0 Å². The van der Waals surface area contributed by atoms with E-state index in [0.29, 0.717) is 10.6 Å². The summed E-state index contributed by atoms with van der Waals surface area (Å²) in [5, 5.41) is 6.20. The number of rotatable bonds is 7. The largest absolute Gasteiger partial charge is 0.419 e. The molecule has 9 heteroatoms. The SMILES string of the molecule is CCCc1nc(C)c(C(=O)NCCNc2ncccc2C(F)(F)F)s1. The molecule has 0 fully saturated rings. The first-order valence-electron chi connectivity index (χ1n) is 7.83. The normalized spacial score (nSPS) is 11.4. The van der Waals surface area contributed by atoms with Gasteiger partial charge in [-0.05, 0) is 31.9 Å². The van der Waals surface area contributed by atoms with E-state index in [1.54, 1.807) is 6.92 Å². The first kappa shape index (κ1) is 19.2. The van der Waals surface area contributed by atoms with E-state index in [9.17, 15) is 18.0 Å². The third kappa shape index (κ3) is 5.15. The van der Waals surface area contributed by atoms with Gasteiger partial charge in [0, 0.05) is 19.3 Å². The highest BCUT2D eigenvalue weighted by Gasteiger charge is 2.33. The number of alkyl halides is 3. The van der Waals surface area contributed by atoms with Crippen molar-refractivity contribution >= 4 is 23.1 Å². The molecule has 2 aromatic rings. The van der Waals surface area contributed by atoms with E-state index in [-0.39, 0.29) is 24.8 Å². The van der Waals surface area contributed by atoms with E-state index in [0.717, 1.165) is 23.9 Å². The van der Waals surface area contributed by atoms with Crippen molar-refractivity contribution in [3.05, 3.63) is 39.5 Å². The van der Waals surface area contributed by atoms with Crippen LogP contribution in [0, 0.1) is 6.92 Å². The van der Waals surface area contributed by atoms with Crippen molar-refractivity contribution in [2.45, 2.75) is 32.9 Å². The number of nitrogens with one attached hydrogen (secondary N) is 2. The second-order valence-corrected chi connectivity index (χ2v) is 6.44. The number of halogens is 3. The Bertz CT molecular complexity index is 730. The van der Waals surface area contributed by atoms with Crippen molar-refractivity contribution in [2.75, 3.05) is 18.4 Å². The molecule has 0 aliphatic heterocycles. The van der Waals surface area contributed by atoms with Crippen LogP contribution in [0.15, 0.2) is 18.3 Å². The van der Waals surface area contributed by atoms with Crippen LogP contribution < -0.4 is 10.6 Å². The van der Waals surface area contributed by atoms with Crippen LogP contribution in [0.1, 0.15) is 39.3 Å². The summed E-state index contributed by atoms with van der Waals surface area (Å²) < 4.78 is 38.6. The van der Waals surface area contributed by atoms with Crippen molar-refractivity contribution in [2.24, 2.45) is 0 Å². The average molecular weight is 372 g/mol. The van der Waals surface area contributed by atoms with Gasteiger partial charge in [0.2, 0.25) is 0 Å². The Balaban J connectivity index is 1.89. The Morgan fingerprint density at radius 1 is 1.32 bits per heavy atom. The van der Waals surface area contributed by atoms with Gasteiger partial charge in [0.05, 0.1) is 16.3 Å². The first-order chi connectivity index (χ1) is 11.8. The van der Waals surface area contributed by atoms with Crippen molar-refractivity contribution in [3.8, 4) is 0 Å². The maximum atomic E-state index is 12.9. The number of thiazole rings is 1. The number of hydrogen-bond acceptors (Lipinski definition) is 5. The molecular formula is C16H19F3N4OS. The Morgan fingerprint density at radius 3 is 2.76 bits per heavy atom. The fourth-order valence-electron chi connectivity index (χ4n) is 2.20. The zero-order valence-electron chi connectivity index (χ0n) is 13.9. The molecule has 0 atom stereocenters. The first-order valence-corrected chi connectivity index (χ1v) is 8.65. The second-order valence-electron chi connectivity index (χ2n) is 5.35. The lowest BCUT2D eigenvalue weighted by Gasteiger charge is -2.13. The zero-order valence-corrected chi connectivity index (χ0v) is 14.7. The molecule has 0 aliphatic carbocycles. The molecule has 0 bridgehead atoms. The van der Waals surface area contributed by atoms with Crippen LogP contribution in [-0.2, 0) is 12.6 Å². The van der Waals surface area contributed by atoms with Gasteiger partial charge in [-0.1, -0.05) is 6.92 Å². The predicted molar refractivity (Wildman–Crippen MR) is 90.9 cm³/mol. The highest BCUT2D eigenvalue weighted by molar-refractivity contribution is 7.13. The van der Waals surface area contributed by atoms with E-state index in [1.165, 1.54) is 23.6 Å². The number of aryl methyl sites for hydroxylation is 2. The van der Waals surface area contributed by atoms with Gasteiger partial charge in [0.15, 0.2) is 0 Å². The standard InChI is InChI=1S/C16H19F3N4OS/c1-3-5-12-23-10(2)13(25-12)15(24)22-9-8-21-14-11(16(17,18)19)6-4-7-20-14/h4,6-7H,3,5,8-9H2,1-2H3,(H,20,21)(H,22,24). The van der Waals surface area contributed by atoms with Crippen LogP contribution in [0.5, 0.6) is 0 Å². The quantitative estimate of drug-likeness (QED) is 0.728. The molecule has 2 N–H and O–H groups in total. The molecular weight excluding hydrogens is 353 g/mol. The summed E-state index contributed by atoms with van der Waals surface area (Å²) in [6, 6.07) is 2.19. The fraction of sp³-hybridized carbons (Fsp3) is 0.438. The van der Waals surface area contributed by atoms with Crippen LogP contribution >= 0.6 is 11.3 Å². The van der Waals surface area contributed by atoms with E-state index in [1.807, 2.05) is 6.92 Å². The summed E-state index contributed by atoms with van der Waals surface area (Å²) in [7, 11) is 0. The van der Waals surface area contributed by atoms with Gasteiger partial charge in [-0.15, -0.1) is 11.3 Å².